The third kappa shape index (κ3) is 1.92. The molecular weight excluding hydrogens is 128 g/mol. The fourth-order valence-electron chi connectivity index (χ4n) is 0.655. The molecule has 0 fully saturated rings. The quantitative estimate of drug-likeness (QED) is 0.496. The predicted octanol–water partition coefficient (Wildman–Crippen LogP) is 0.893. The smallest absolute Gasteiger partial charge is 0.117 e. The number of furan rings is 1. The molecule has 1 aromatic rings. The van der Waals surface area contributed by atoms with E-state index in [1.54, 1.807) is 6.26 Å². The van der Waals surface area contributed by atoms with Crippen LogP contribution in [-0.4, -0.2) is 6.54 Å². The van der Waals surface area contributed by atoms with Gasteiger partial charge in [-0.1, -0.05) is 0 Å². The van der Waals surface area contributed by atoms with Crippen molar-refractivity contribution in [2.45, 2.75) is 6.54 Å². The Balaban J connectivity index is 2.23. The van der Waals surface area contributed by atoms with Crippen LogP contribution in [0.1, 0.15) is 5.76 Å². The molecule has 0 aliphatic heterocycles. The Hall–Kier alpha value is -1.27. The standard InChI is InChI=1S/C7H8N2O/c8-3-4-9-6-7-2-1-5-10-7/h1-2,5,9H,4,6H2. The molecule has 1 N–H and O–H groups in total. The summed E-state index contributed by atoms with van der Waals surface area (Å²) in [5.41, 5.74) is 0. The van der Waals surface area contributed by atoms with Gasteiger partial charge in [0.05, 0.1) is 25.4 Å². The molecule has 0 unspecified atom stereocenters. The van der Waals surface area contributed by atoms with Crippen LogP contribution in [0.5, 0.6) is 0 Å². The molecule has 3 heteroatoms. The second-order valence-electron chi connectivity index (χ2n) is 1.84. The summed E-state index contributed by atoms with van der Waals surface area (Å²) in [6, 6.07) is 5.67. The van der Waals surface area contributed by atoms with E-state index in [0.717, 1.165) is 5.76 Å². The minimum absolute atomic E-state index is 0.362. The highest BCUT2D eigenvalue weighted by molar-refractivity contribution is 4.97. The van der Waals surface area contributed by atoms with Crippen LogP contribution in [0.4, 0.5) is 0 Å². The molecule has 1 rings (SSSR count). The lowest BCUT2D eigenvalue weighted by Gasteiger charge is -1.92. The SMILES string of the molecule is N#CCNCc1ccco1. The Morgan fingerprint density at radius 2 is 2.60 bits per heavy atom. The zero-order chi connectivity index (χ0) is 7.23. The van der Waals surface area contributed by atoms with Gasteiger partial charge < -0.3 is 4.42 Å². The zero-order valence-corrected chi connectivity index (χ0v) is 5.50. The highest BCUT2D eigenvalue weighted by Crippen LogP contribution is 1.97. The van der Waals surface area contributed by atoms with E-state index in [0.29, 0.717) is 13.1 Å². The maximum Gasteiger partial charge on any atom is 0.117 e. The summed E-state index contributed by atoms with van der Waals surface area (Å²) in [7, 11) is 0. The van der Waals surface area contributed by atoms with Gasteiger partial charge in [-0.2, -0.15) is 5.26 Å². The summed E-state index contributed by atoms with van der Waals surface area (Å²) in [5.74, 6) is 0.857. The Morgan fingerprint density at radius 1 is 1.70 bits per heavy atom. The molecule has 0 amide bonds. The third-order valence-electron chi connectivity index (χ3n) is 1.08. The van der Waals surface area contributed by atoms with Crippen molar-refractivity contribution < 1.29 is 4.42 Å². The summed E-state index contributed by atoms with van der Waals surface area (Å²) in [6.45, 7) is 0.987. The van der Waals surface area contributed by atoms with Crippen molar-refractivity contribution in [3.05, 3.63) is 24.2 Å². The van der Waals surface area contributed by atoms with Crippen molar-refractivity contribution in [3.8, 4) is 6.07 Å². The average Bonchev–Trinajstić information content (AvgIpc) is 2.41. The first kappa shape index (κ1) is 6.84. The molecule has 1 aromatic heterocycles. The highest BCUT2D eigenvalue weighted by atomic mass is 16.3. The molecule has 0 spiro atoms. The molecular formula is C7H8N2O. The molecule has 0 bridgehead atoms. The van der Waals surface area contributed by atoms with E-state index < -0.39 is 0 Å². The number of nitrogens with zero attached hydrogens (tertiary/aromatic N) is 1. The fraction of sp³-hybridized carbons (Fsp3) is 0.286. The molecule has 3 nitrogen and oxygen atoms in total. The topological polar surface area (TPSA) is 49.0 Å². The molecule has 0 radical (unpaired) electrons. The van der Waals surface area contributed by atoms with Crippen LogP contribution in [0, 0.1) is 11.3 Å². The van der Waals surface area contributed by atoms with Gasteiger partial charge in [0.1, 0.15) is 5.76 Å². The van der Waals surface area contributed by atoms with Gasteiger partial charge in [0, 0.05) is 0 Å². The van der Waals surface area contributed by atoms with E-state index in [2.05, 4.69) is 5.32 Å². The van der Waals surface area contributed by atoms with Crippen molar-refractivity contribution >= 4 is 0 Å². The van der Waals surface area contributed by atoms with Crippen molar-refractivity contribution in [2.24, 2.45) is 0 Å². The van der Waals surface area contributed by atoms with Gasteiger partial charge in [-0.25, -0.2) is 0 Å². The lowest BCUT2D eigenvalue weighted by molar-refractivity contribution is 0.491. The molecule has 1 heterocycles. The molecule has 0 aliphatic rings. The Morgan fingerprint density at radius 3 is 3.20 bits per heavy atom. The van der Waals surface area contributed by atoms with Crippen LogP contribution in [0.25, 0.3) is 0 Å². The molecule has 0 saturated heterocycles. The molecule has 0 aromatic carbocycles. The van der Waals surface area contributed by atoms with Crippen LogP contribution in [0.2, 0.25) is 0 Å². The number of rotatable bonds is 3. The highest BCUT2D eigenvalue weighted by Gasteiger charge is 1.91. The second kappa shape index (κ2) is 3.70. The van der Waals surface area contributed by atoms with Crippen molar-refractivity contribution in [1.29, 1.82) is 5.26 Å². The van der Waals surface area contributed by atoms with Crippen molar-refractivity contribution in [2.75, 3.05) is 6.54 Å². The summed E-state index contributed by atoms with van der Waals surface area (Å²) in [4.78, 5) is 0. The first-order valence-corrected chi connectivity index (χ1v) is 3.03. The minimum Gasteiger partial charge on any atom is -0.468 e. The van der Waals surface area contributed by atoms with Crippen molar-refractivity contribution in [1.82, 2.24) is 5.32 Å². The van der Waals surface area contributed by atoms with Crippen LogP contribution >= 0.6 is 0 Å². The maximum atomic E-state index is 8.15. The van der Waals surface area contributed by atoms with Crippen LogP contribution in [0.15, 0.2) is 22.8 Å². The molecule has 10 heavy (non-hydrogen) atoms. The zero-order valence-electron chi connectivity index (χ0n) is 5.50. The van der Waals surface area contributed by atoms with Gasteiger partial charge in [-0.05, 0) is 12.1 Å². The van der Waals surface area contributed by atoms with Crippen molar-refractivity contribution in [3.63, 3.8) is 0 Å². The minimum atomic E-state index is 0.362. The van der Waals surface area contributed by atoms with Gasteiger partial charge >= 0.3 is 0 Å². The van der Waals surface area contributed by atoms with Gasteiger partial charge in [0.15, 0.2) is 0 Å². The van der Waals surface area contributed by atoms with E-state index in [1.807, 2.05) is 18.2 Å². The van der Waals surface area contributed by atoms with E-state index in [9.17, 15) is 0 Å². The Bertz CT molecular complexity index is 210. The van der Waals surface area contributed by atoms with E-state index in [4.69, 9.17) is 9.68 Å². The third-order valence-corrected chi connectivity index (χ3v) is 1.08. The normalized spacial score (nSPS) is 9.10. The first-order valence-electron chi connectivity index (χ1n) is 3.03. The van der Waals surface area contributed by atoms with E-state index in [-0.39, 0.29) is 0 Å². The van der Waals surface area contributed by atoms with E-state index >= 15 is 0 Å². The van der Waals surface area contributed by atoms with E-state index in [1.165, 1.54) is 0 Å². The van der Waals surface area contributed by atoms with Gasteiger partial charge in [-0.3, -0.25) is 5.32 Å². The second-order valence-corrected chi connectivity index (χ2v) is 1.84. The molecule has 0 aliphatic carbocycles. The van der Waals surface area contributed by atoms with Crippen LogP contribution in [0.3, 0.4) is 0 Å². The first-order chi connectivity index (χ1) is 4.93. The van der Waals surface area contributed by atoms with Gasteiger partial charge in [0.2, 0.25) is 0 Å². The Labute approximate surface area is 59.3 Å². The lowest BCUT2D eigenvalue weighted by Crippen LogP contribution is -2.12. The largest absolute Gasteiger partial charge is 0.468 e. The lowest BCUT2D eigenvalue weighted by atomic mass is 10.4. The summed E-state index contributed by atoms with van der Waals surface area (Å²) in [6.07, 6.45) is 1.61. The maximum absolute atomic E-state index is 8.15. The average molecular weight is 136 g/mol. The number of nitriles is 1. The number of hydrogen-bond donors (Lipinski definition) is 1. The summed E-state index contributed by atoms with van der Waals surface area (Å²) >= 11 is 0. The molecule has 0 atom stereocenters. The number of hydrogen-bond acceptors (Lipinski definition) is 3. The fourth-order valence-corrected chi connectivity index (χ4v) is 0.655. The summed E-state index contributed by atoms with van der Waals surface area (Å²) in [5, 5.41) is 11.0. The summed E-state index contributed by atoms with van der Waals surface area (Å²) < 4.78 is 5.01. The molecule has 52 valence electrons. The van der Waals surface area contributed by atoms with Crippen LogP contribution in [-0.2, 0) is 6.54 Å². The number of nitrogens with one attached hydrogen (secondary N) is 1. The molecule has 0 saturated carbocycles. The van der Waals surface area contributed by atoms with Crippen LogP contribution < -0.4 is 5.32 Å². The monoisotopic (exact) mass is 136 g/mol. The Kier molecular flexibility index (Phi) is 2.53. The van der Waals surface area contributed by atoms with Gasteiger partial charge in [-0.15, -0.1) is 0 Å². The van der Waals surface area contributed by atoms with Gasteiger partial charge in [0.25, 0.3) is 0 Å². The predicted molar refractivity (Wildman–Crippen MR) is 36.0 cm³/mol.